The molecule has 1 fully saturated rings. The highest BCUT2D eigenvalue weighted by molar-refractivity contribution is 6.11. The van der Waals surface area contributed by atoms with Crippen LogP contribution >= 0.6 is 0 Å². The van der Waals surface area contributed by atoms with Gasteiger partial charge in [-0.2, -0.15) is 0 Å². The van der Waals surface area contributed by atoms with Gasteiger partial charge in [-0.3, -0.25) is 24.1 Å². The van der Waals surface area contributed by atoms with Crippen LogP contribution in [-0.4, -0.2) is 93.9 Å². The highest BCUT2D eigenvalue weighted by Gasteiger charge is 2.22. The molecule has 3 aromatic carbocycles. The summed E-state index contributed by atoms with van der Waals surface area (Å²) in [6.45, 7) is 7.40. The molecule has 306 valence electrons. The first-order valence-corrected chi connectivity index (χ1v) is 19.7. The highest BCUT2D eigenvalue weighted by Crippen LogP contribution is 2.27. The van der Waals surface area contributed by atoms with Crippen molar-refractivity contribution in [2.45, 2.75) is 71.4 Å². The number of likely N-dealkylation sites (N-methyl/N-ethyl adjacent to an activating group) is 1. The largest absolute Gasteiger partial charge is 0.481 e. The lowest BCUT2D eigenvalue weighted by atomic mass is 10.1. The Morgan fingerprint density at radius 3 is 2.09 bits per heavy atom. The van der Waals surface area contributed by atoms with E-state index in [4.69, 9.17) is 19.9 Å². The molecule has 4 N–H and O–H groups in total. The van der Waals surface area contributed by atoms with Crippen molar-refractivity contribution in [1.29, 1.82) is 0 Å². The van der Waals surface area contributed by atoms with Gasteiger partial charge in [0.1, 0.15) is 17.3 Å². The van der Waals surface area contributed by atoms with Crippen molar-refractivity contribution in [3.63, 3.8) is 0 Å². The first-order chi connectivity index (χ1) is 27.9. The monoisotopic (exact) mass is 792 g/mol. The maximum atomic E-state index is 13.9. The standard InChI is InChI=1S/C44H52N6O8/c1-4-34(5-2)50(27-26-48(3)39(51)22-23-40(52)53)29-30-10-9-11-32(28-30)42(54)46-37-20-21-38(49-24-7-6-8-25-49)47-41(37)43(55)45-33-14-18-36(19-15-33)58-35-16-12-31(13-17-35)44(56)57/h9-21,28,34H,4-8,22-27,29H2,1-3H3,(H,45,55)(H,46,54)(H,52,53)(H,56,57). The molecule has 0 atom stereocenters. The van der Waals surface area contributed by atoms with Crippen LogP contribution < -0.4 is 20.3 Å². The number of aliphatic carboxylic acids is 1. The topological polar surface area (TPSA) is 182 Å². The predicted octanol–water partition coefficient (Wildman–Crippen LogP) is 7.38. The zero-order valence-corrected chi connectivity index (χ0v) is 33.3. The molecule has 0 spiro atoms. The normalized spacial score (nSPS) is 12.6. The molecule has 0 unspecified atom stereocenters. The number of benzene rings is 3. The molecule has 0 aliphatic carbocycles. The number of aromatic carboxylic acids is 1. The van der Waals surface area contributed by atoms with Gasteiger partial charge in [0.25, 0.3) is 11.8 Å². The summed E-state index contributed by atoms with van der Waals surface area (Å²) >= 11 is 0. The Morgan fingerprint density at radius 2 is 1.45 bits per heavy atom. The number of amides is 3. The lowest BCUT2D eigenvalue weighted by molar-refractivity contribution is -0.140. The number of carboxylic acid groups (broad SMARTS) is 2. The highest BCUT2D eigenvalue weighted by atomic mass is 16.5. The fraction of sp³-hybridized carbons (Fsp3) is 0.364. The fourth-order valence-electron chi connectivity index (χ4n) is 6.86. The Hall–Kier alpha value is -6.28. The van der Waals surface area contributed by atoms with Gasteiger partial charge in [0.15, 0.2) is 5.69 Å². The van der Waals surface area contributed by atoms with Crippen LogP contribution in [0.2, 0.25) is 0 Å². The van der Waals surface area contributed by atoms with Gasteiger partial charge in [-0.05, 0) is 110 Å². The first kappa shape index (κ1) is 42.9. The molecule has 1 saturated heterocycles. The number of carbonyl (C=O) groups excluding carboxylic acids is 3. The molecular weight excluding hydrogens is 741 g/mol. The number of pyridine rings is 1. The average molecular weight is 793 g/mol. The van der Waals surface area contributed by atoms with Gasteiger partial charge in [-0.1, -0.05) is 26.0 Å². The van der Waals surface area contributed by atoms with Crippen molar-refractivity contribution >= 4 is 46.9 Å². The van der Waals surface area contributed by atoms with E-state index in [1.165, 1.54) is 12.1 Å². The van der Waals surface area contributed by atoms with Crippen LogP contribution in [0.25, 0.3) is 0 Å². The smallest absolute Gasteiger partial charge is 0.335 e. The third-order valence-electron chi connectivity index (χ3n) is 10.2. The molecule has 0 bridgehead atoms. The molecule has 2 heterocycles. The van der Waals surface area contributed by atoms with Crippen LogP contribution in [0.4, 0.5) is 17.2 Å². The van der Waals surface area contributed by atoms with Crippen LogP contribution in [0, 0.1) is 0 Å². The number of piperidine rings is 1. The Kier molecular flexibility index (Phi) is 15.3. The summed E-state index contributed by atoms with van der Waals surface area (Å²) in [5.41, 5.74) is 2.26. The van der Waals surface area contributed by atoms with Crippen molar-refractivity contribution in [1.82, 2.24) is 14.8 Å². The molecular formula is C44H52N6O8. The number of nitrogens with one attached hydrogen (secondary N) is 2. The van der Waals surface area contributed by atoms with E-state index < -0.39 is 23.8 Å². The number of ether oxygens (including phenoxy) is 1. The Labute approximate surface area is 338 Å². The number of carbonyl (C=O) groups is 5. The van der Waals surface area contributed by atoms with Crippen molar-refractivity contribution in [3.8, 4) is 11.5 Å². The third kappa shape index (κ3) is 12.1. The Bertz CT molecular complexity index is 2050. The third-order valence-corrected chi connectivity index (χ3v) is 10.2. The molecule has 14 heteroatoms. The summed E-state index contributed by atoms with van der Waals surface area (Å²) < 4.78 is 5.84. The van der Waals surface area contributed by atoms with E-state index in [9.17, 15) is 24.0 Å². The van der Waals surface area contributed by atoms with E-state index in [0.29, 0.717) is 48.2 Å². The molecule has 1 aliphatic heterocycles. The zero-order valence-electron chi connectivity index (χ0n) is 33.3. The maximum Gasteiger partial charge on any atom is 0.335 e. The molecule has 4 aromatic rings. The number of rotatable bonds is 19. The van der Waals surface area contributed by atoms with E-state index >= 15 is 0 Å². The maximum absolute atomic E-state index is 13.9. The minimum absolute atomic E-state index is 0.0496. The summed E-state index contributed by atoms with van der Waals surface area (Å²) in [5, 5.41) is 23.9. The molecule has 1 aromatic heterocycles. The molecule has 14 nitrogen and oxygen atoms in total. The molecule has 1 aliphatic rings. The van der Waals surface area contributed by atoms with Crippen molar-refractivity contribution < 1.29 is 38.9 Å². The summed E-state index contributed by atoms with van der Waals surface area (Å²) in [5.74, 6) is -1.56. The van der Waals surface area contributed by atoms with Crippen LogP contribution in [0.15, 0.2) is 84.9 Å². The van der Waals surface area contributed by atoms with Crippen molar-refractivity contribution in [3.05, 3.63) is 107 Å². The van der Waals surface area contributed by atoms with Crippen LogP contribution in [0.1, 0.15) is 95.6 Å². The molecule has 5 rings (SSSR count). The van der Waals surface area contributed by atoms with Crippen LogP contribution in [-0.2, 0) is 16.1 Å². The quantitative estimate of drug-likeness (QED) is 0.0744. The van der Waals surface area contributed by atoms with Crippen LogP contribution in [0.3, 0.4) is 0 Å². The summed E-state index contributed by atoms with van der Waals surface area (Å²) in [6.07, 6.45) is 4.69. The summed E-state index contributed by atoms with van der Waals surface area (Å²) in [6, 6.07) is 23.8. The zero-order chi connectivity index (χ0) is 41.6. The van der Waals surface area contributed by atoms with E-state index in [0.717, 1.165) is 50.8 Å². The molecule has 3 amide bonds. The van der Waals surface area contributed by atoms with E-state index in [-0.39, 0.29) is 41.7 Å². The average Bonchev–Trinajstić information content (AvgIpc) is 3.23. The lowest BCUT2D eigenvalue weighted by Gasteiger charge is -2.32. The Morgan fingerprint density at radius 1 is 0.776 bits per heavy atom. The molecule has 0 radical (unpaired) electrons. The minimum Gasteiger partial charge on any atom is -0.481 e. The first-order valence-electron chi connectivity index (χ1n) is 19.7. The number of carboxylic acids is 2. The summed E-state index contributed by atoms with van der Waals surface area (Å²) in [4.78, 5) is 73.1. The predicted molar refractivity (Wildman–Crippen MR) is 222 cm³/mol. The second-order valence-electron chi connectivity index (χ2n) is 14.3. The van der Waals surface area contributed by atoms with Gasteiger partial charge in [0, 0.05) is 63.5 Å². The summed E-state index contributed by atoms with van der Waals surface area (Å²) in [7, 11) is 1.68. The van der Waals surface area contributed by atoms with E-state index in [1.807, 2.05) is 24.3 Å². The van der Waals surface area contributed by atoms with Crippen molar-refractivity contribution in [2.75, 3.05) is 48.8 Å². The number of hydrogen-bond acceptors (Lipinski definition) is 9. The van der Waals surface area contributed by atoms with Gasteiger partial charge in [-0.25, -0.2) is 9.78 Å². The Balaban J connectivity index is 1.30. The van der Waals surface area contributed by atoms with Gasteiger partial charge in [-0.15, -0.1) is 0 Å². The van der Waals surface area contributed by atoms with Gasteiger partial charge >= 0.3 is 11.9 Å². The second-order valence-corrected chi connectivity index (χ2v) is 14.3. The number of anilines is 3. The number of nitrogens with zero attached hydrogens (tertiary/aromatic N) is 4. The van der Waals surface area contributed by atoms with Gasteiger partial charge in [0.05, 0.1) is 17.7 Å². The second kappa shape index (κ2) is 20.8. The lowest BCUT2D eigenvalue weighted by Crippen LogP contribution is -2.41. The van der Waals surface area contributed by atoms with Gasteiger partial charge in [0.2, 0.25) is 5.91 Å². The number of hydrogen-bond donors (Lipinski definition) is 4. The molecule has 0 saturated carbocycles. The van der Waals surface area contributed by atoms with Crippen molar-refractivity contribution in [2.24, 2.45) is 0 Å². The number of aromatic nitrogens is 1. The van der Waals surface area contributed by atoms with E-state index in [1.54, 1.807) is 60.5 Å². The SMILES string of the molecule is CCC(CC)N(CCN(C)C(=O)CCC(=O)O)Cc1cccc(C(=O)Nc2ccc(N3CCCCC3)nc2C(=O)Nc2ccc(Oc3ccc(C(=O)O)cc3)cc2)c1. The fourth-order valence-corrected chi connectivity index (χ4v) is 6.86. The van der Waals surface area contributed by atoms with Gasteiger partial charge < -0.3 is 35.4 Å². The van der Waals surface area contributed by atoms with Crippen LogP contribution in [0.5, 0.6) is 11.5 Å². The minimum atomic E-state index is -1.03. The van der Waals surface area contributed by atoms with E-state index in [2.05, 4.69) is 34.3 Å². The molecule has 58 heavy (non-hydrogen) atoms.